The molecule has 0 atom stereocenters. The van der Waals surface area contributed by atoms with Crippen molar-refractivity contribution >= 4 is 11.1 Å². The maximum atomic E-state index is 4.43. The first kappa shape index (κ1) is 19.0. The van der Waals surface area contributed by atoms with Crippen LogP contribution in [0, 0.1) is 6.92 Å². The third-order valence-corrected chi connectivity index (χ3v) is 5.99. The van der Waals surface area contributed by atoms with Crippen molar-refractivity contribution in [1.82, 2.24) is 25.6 Å². The van der Waals surface area contributed by atoms with Crippen LogP contribution in [0.3, 0.4) is 0 Å². The quantitative estimate of drug-likeness (QED) is 0.699. The predicted octanol–water partition coefficient (Wildman–Crippen LogP) is 4.00. The Hall–Kier alpha value is -3.02. The van der Waals surface area contributed by atoms with E-state index >= 15 is 0 Å². The first-order valence-electron chi connectivity index (χ1n) is 10.7. The van der Waals surface area contributed by atoms with Crippen molar-refractivity contribution in [1.29, 1.82) is 0 Å². The van der Waals surface area contributed by atoms with Gasteiger partial charge in [-0.2, -0.15) is 0 Å². The van der Waals surface area contributed by atoms with Crippen molar-refractivity contribution in [2.24, 2.45) is 0 Å². The summed E-state index contributed by atoms with van der Waals surface area (Å²) < 4.78 is 1.88. The second kappa shape index (κ2) is 8.38. The topological polar surface area (TPSA) is 54.8 Å². The first-order valence-corrected chi connectivity index (χ1v) is 10.7. The van der Waals surface area contributed by atoms with Crippen LogP contribution >= 0.6 is 0 Å². The highest BCUT2D eigenvalue weighted by Gasteiger charge is 2.12. The Morgan fingerprint density at radius 1 is 0.800 bits per heavy atom. The van der Waals surface area contributed by atoms with Crippen LogP contribution in [0.2, 0.25) is 0 Å². The third kappa shape index (κ3) is 3.86. The summed E-state index contributed by atoms with van der Waals surface area (Å²) in [7, 11) is 0. The zero-order chi connectivity index (χ0) is 20.3. The lowest BCUT2D eigenvalue weighted by Gasteiger charge is -2.15. The fourth-order valence-corrected chi connectivity index (χ4v) is 4.25. The summed E-state index contributed by atoms with van der Waals surface area (Å²) >= 11 is 0. The Morgan fingerprint density at radius 2 is 1.43 bits per heavy atom. The van der Waals surface area contributed by atoms with Crippen molar-refractivity contribution in [2.75, 3.05) is 26.2 Å². The van der Waals surface area contributed by atoms with Gasteiger partial charge >= 0.3 is 0 Å². The number of nitrogens with one attached hydrogen (secondary N) is 2. The number of hydrogen-bond donors (Lipinski definition) is 2. The molecule has 5 heteroatoms. The van der Waals surface area contributed by atoms with Crippen LogP contribution in [0.15, 0.2) is 60.8 Å². The standard InChI is InChI=1S/C25H27N5/c1-18-16-23(21-10-14-27-15-11-21)6-7-25(18)30-17-24(28-29-30)22-4-2-19(3-5-22)20-8-12-26-13-9-20/h2-8,10,16-17,26-27H,9,11-15H2,1H3. The smallest absolute Gasteiger partial charge is 0.113 e. The number of nitrogens with zero attached hydrogens (tertiary/aromatic N) is 3. The number of aromatic nitrogens is 3. The maximum absolute atomic E-state index is 4.43. The molecule has 2 aliphatic heterocycles. The molecule has 2 N–H and O–H groups in total. The molecule has 5 rings (SSSR count). The van der Waals surface area contributed by atoms with Crippen LogP contribution in [-0.4, -0.2) is 41.2 Å². The monoisotopic (exact) mass is 397 g/mol. The van der Waals surface area contributed by atoms with Gasteiger partial charge in [-0.15, -0.1) is 5.10 Å². The van der Waals surface area contributed by atoms with E-state index in [1.807, 2.05) is 10.9 Å². The minimum atomic E-state index is 0.894. The molecule has 2 aromatic carbocycles. The Balaban J connectivity index is 1.37. The van der Waals surface area contributed by atoms with Gasteiger partial charge < -0.3 is 10.6 Å². The van der Waals surface area contributed by atoms with Gasteiger partial charge in [-0.05, 0) is 72.8 Å². The Kier molecular flexibility index (Phi) is 5.30. The van der Waals surface area contributed by atoms with Crippen molar-refractivity contribution in [2.45, 2.75) is 19.8 Å². The minimum Gasteiger partial charge on any atom is -0.313 e. The fourth-order valence-electron chi connectivity index (χ4n) is 4.25. The summed E-state index contributed by atoms with van der Waals surface area (Å²) in [5.41, 5.74) is 9.71. The highest BCUT2D eigenvalue weighted by molar-refractivity contribution is 5.70. The lowest BCUT2D eigenvalue weighted by molar-refractivity contribution is 0.738. The fraction of sp³-hybridized carbons (Fsp3) is 0.280. The van der Waals surface area contributed by atoms with E-state index in [0.717, 1.165) is 56.0 Å². The maximum Gasteiger partial charge on any atom is 0.113 e. The highest BCUT2D eigenvalue weighted by atomic mass is 15.4. The Morgan fingerprint density at radius 3 is 2.07 bits per heavy atom. The molecule has 0 bridgehead atoms. The van der Waals surface area contributed by atoms with E-state index in [-0.39, 0.29) is 0 Å². The van der Waals surface area contributed by atoms with Crippen molar-refractivity contribution in [3.8, 4) is 16.9 Å². The van der Waals surface area contributed by atoms with E-state index in [4.69, 9.17) is 0 Å². The molecule has 0 saturated carbocycles. The number of rotatable bonds is 4. The molecule has 0 saturated heterocycles. The van der Waals surface area contributed by atoms with Gasteiger partial charge in [0, 0.05) is 18.7 Å². The van der Waals surface area contributed by atoms with E-state index in [1.165, 1.54) is 27.8 Å². The zero-order valence-corrected chi connectivity index (χ0v) is 17.4. The Labute approximate surface area is 177 Å². The molecular formula is C25H27N5. The molecule has 0 spiro atoms. The molecule has 2 aliphatic rings. The van der Waals surface area contributed by atoms with Crippen LogP contribution < -0.4 is 10.6 Å². The molecule has 3 aromatic rings. The average molecular weight is 398 g/mol. The normalized spacial score (nSPS) is 16.8. The molecule has 0 aliphatic carbocycles. The lowest BCUT2D eigenvalue weighted by atomic mass is 9.98. The van der Waals surface area contributed by atoms with Gasteiger partial charge in [0.05, 0.1) is 11.9 Å². The molecule has 30 heavy (non-hydrogen) atoms. The molecule has 3 heterocycles. The van der Waals surface area contributed by atoms with Crippen molar-refractivity contribution in [3.05, 3.63) is 77.5 Å². The summed E-state index contributed by atoms with van der Waals surface area (Å²) in [6.07, 6.45) is 8.74. The molecule has 1 aromatic heterocycles. The summed E-state index contributed by atoms with van der Waals surface area (Å²) in [4.78, 5) is 0. The molecule has 0 amide bonds. The SMILES string of the molecule is Cc1cc(C2=CCNCC2)ccc1-n1cc(-c2ccc(C3=CCNCC3)cc2)nn1. The summed E-state index contributed by atoms with van der Waals surface area (Å²) in [6, 6.07) is 15.3. The third-order valence-electron chi connectivity index (χ3n) is 5.99. The van der Waals surface area contributed by atoms with Crippen molar-refractivity contribution < 1.29 is 0 Å². The van der Waals surface area contributed by atoms with E-state index in [2.05, 4.69) is 82.5 Å². The summed E-state index contributed by atoms with van der Waals surface area (Å²) in [5, 5.41) is 15.6. The Bertz CT molecular complexity index is 1100. The molecule has 152 valence electrons. The van der Waals surface area contributed by atoms with E-state index in [1.54, 1.807) is 0 Å². The predicted molar refractivity (Wildman–Crippen MR) is 122 cm³/mol. The van der Waals surface area contributed by atoms with Crippen LogP contribution in [0.4, 0.5) is 0 Å². The van der Waals surface area contributed by atoms with Gasteiger partial charge in [-0.3, -0.25) is 0 Å². The lowest BCUT2D eigenvalue weighted by Crippen LogP contribution is -2.20. The van der Waals surface area contributed by atoms with E-state index in [0.29, 0.717) is 0 Å². The van der Waals surface area contributed by atoms with Gasteiger partial charge in [-0.1, -0.05) is 47.7 Å². The van der Waals surface area contributed by atoms with Crippen LogP contribution in [-0.2, 0) is 0 Å². The second-order valence-electron chi connectivity index (χ2n) is 7.99. The molecule has 0 fully saturated rings. The number of hydrogen-bond acceptors (Lipinski definition) is 4. The van der Waals surface area contributed by atoms with Crippen LogP contribution in [0.1, 0.15) is 29.5 Å². The van der Waals surface area contributed by atoms with Crippen LogP contribution in [0.25, 0.3) is 28.1 Å². The second-order valence-corrected chi connectivity index (χ2v) is 7.99. The largest absolute Gasteiger partial charge is 0.313 e. The average Bonchev–Trinajstić information content (AvgIpc) is 3.30. The number of aryl methyl sites for hydroxylation is 1. The first-order chi connectivity index (χ1) is 14.8. The van der Waals surface area contributed by atoms with Gasteiger partial charge in [-0.25, -0.2) is 4.68 Å². The summed E-state index contributed by atoms with van der Waals surface area (Å²) in [6.45, 7) is 6.15. The highest BCUT2D eigenvalue weighted by Crippen LogP contribution is 2.26. The van der Waals surface area contributed by atoms with E-state index in [9.17, 15) is 0 Å². The van der Waals surface area contributed by atoms with Crippen molar-refractivity contribution in [3.63, 3.8) is 0 Å². The molecule has 5 nitrogen and oxygen atoms in total. The van der Waals surface area contributed by atoms with E-state index < -0.39 is 0 Å². The zero-order valence-electron chi connectivity index (χ0n) is 17.4. The molecular weight excluding hydrogens is 370 g/mol. The van der Waals surface area contributed by atoms with Gasteiger partial charge in [0.15, 0.2) is 0 Å². The molecule has 0 unspecified atom stereocenters. The number of benzene rings is 2. The minimum absolute atomic E-state index is 0.894. The summed E-state index contributed by atoms with van der Waals surface area (Å²) in [5.74, 6) is 0. The van der Waals surface area contributed by atoms with Gasteiger partial charge in [0.2, 0.25) is 0 Å². The molecule has 0 radical (unpaired) electrons. The van der Waals surface area contributed by atoms with Gasteiger partial charge in [0.25, 0.3) is 0 Å². The van der Waals surface area contributed by atoms with Gasteiger partial charge in [0.1, 0.15) is 5.69 Å². The van der Waals surface area contributed by atoms with Crippen LogP contribution in [0.5, 0.6) is 0 Å².